The number of anilines is 1. The Hall–Kier alpha value is -1.35. The van der Waals surface area contributed by atoms with E-state index in [2.05, 4.69) is 5.32 Å². The number of carbonyl (C=O) groups is 1. The minimum absolute atomic E-state index is 0.0343. The van der Waals surface area contributed by atoms with Crippen molar-refractivity contribution < 1.29 is 4.79 Å². The van der Waals surface area contributed by atoms with Gasteiger partial charge in [-0.05, 0) is 43.4 Å². The van der Waals surface area contributed by atoms with Gasteiger partial charge in [-0.1, -0.05) is 31.4 Å². The molecule has 1 aromatic rings. The molecule has 3 heteroatoms. The molecule has 0 bridgehead atoms. The summed E-state index contributed by atoms with van der Waals surface area (Å²) >= 11 is 0. The van der Waals surface area contributed by atoms with Crippen molar-refractivity contribution in [1.29, 1.82) is 0 Å². The summed E-state index contributed by atoms with van der Waals surface area (Å²) in [5, 5.41) is 2.98. The van der Waals surface area contributed by atoms with Crippen LogP contribution in [0.15, 0.2) is 24.3 Å². The Morgan fingerprint density at radius 2 is 1.89 bits per heavy atom. The second kappa shape index (κ2) is 6.71. The molecule has 1 aliphatic rings. The molecule has 1 aromatic carbocycles. The van der Waals surface area contributed by atoms with Crippen molar-refractivity contribution in [2.75, 3.05) is 5.32 Å². The Morgan fingerprint density at radius 1 is 1.26 bits per heavy atom. The number of rotatable bonds is 4. The highest BCUT2D eigenvalue weighted by atomic mass is 16.1. The molecule has 1 saturated carbocycles. The van der Waals surface area contributed by atoms with Gasteiger partial charge in [-0.25, -0.2) is 0 Å². The monoisotopic (exact) mass is 260 g/mol. The molecule has 1 unspecified atom stereocenters. The zero-order valence-corrected chi connectivity index (χ0v) is 11.7. The van der Waals surface area contributed by atoms with Gasteiger partial charge in [-0.15, -0.1) is 0 Å². The smallest absolute Gasteiger partial charge is 0.224 e. The van der Waals surface area contributed by atoms with E-state index in [0.717, 1.165) is 11.3 Å². The van der Waals surface area contributed by atoms with Crippen molar-refractivity contribution in [3.8, 4) is 0 Å². The van der Waals surface area contributed by atoms with Gasteiger partial charge in [0, 0.05) is 18.2 Å². The van der Waals surface area contributed by atoms with Gasteiger partial charge in [0.1, 0.15) is 0 Å². The minimum Gasteiger partial charge on any atom is -0.326 e. The number of nitrogens with two attached hydrogens (primary N) is 1. The summed E-state index contributed by atoms with van der Waals surface area (Å²) in [4.78, 5) is 12.0. The number of hydrogen-bond acceptors (Lipinski definition) is 2. The average Bonchev–Trinajstić information content (AvgIpc) is 2.40. The topological polar surface area (TPSA) is 55.1 Å². The fourth-order valence-corrected chi connectivity index (χ4v) is 2.74. The third-order valence-corrected chi connectivity index (χ3v) is 3.92. The average molecular weight is 260 g/mol. The van der Waals surface area contributed by atoms with Gasteiger partial charge in [-0.3, -0.25) is 4.79 Å². The van der Waals surface area contributed by atoms with Crippen LogP contribution in [-0.4, -0.2) is 5.91 Å². The van der Waals surface area contributed by atoms with E-state index < -0.39 is 0 Å². The van der Waals surface area contributed by atoms with Gasteiger partial charge in [-0.2, -0.15) is 0 Å². The molecule has 0 spiro atoms. The van der Waals surface area contributed by atoms with Crippen molar-refractivity contribution in [3.63, 3.8) is 0 Å². The van der Waals surface area contributed by atoms with Gasteiger partial charge >= 0.3 is 0 Å². The largest absolute Gasteiger partial charge is 0.326 e. The lowest BCUT2D eigenvalue weighted by atomic mass is 9.87. The Kier molecular flexibility index (Phi) is 4.97. The summed E-state index contributed by atoms with van der Waals surface area (Å²) in [5.41, 5.74) is 7.76. The van der Waals surface area contributed by atoms with Crippen LogP contribution < -0.4 is 11.1 Å². The predicted octanol–water partition coefficient (Wildman–Crippen LogP) is 3.62. The summed E-state index contributed by atoms with van der Waals surface area (Å²) in [6, 6.07) is 7.84. The van der Waals surface area contributed by atoms with Gasteiger partial charge < -0.3 is 11.1 Å². The first kappa shape index (κ1) is 14.1. The Labute approximate surface area is 115 Å². The maximum atomic E-state index is 12.0. The lowest BCUT2D eigenvalue weighted by molar-refractivity contribution is -0.117. The fourth-order valence-electron chi connectivity index (χ4n) is 2.74. The molecule has 3 nitrogen and oxygen atoms in total. The maximum Gasteiger partial charge on any atom is 0.224 e. The molecule has 3 N–H and O–H groups in total. The molecule has 2 rings (SSSR count). The lowest BCUT2D eigenvalue weighted by Gasteiger charge is -2.20. The first-order valence-corrected chi connectivity index (χ1v) is 7.30. The molecular formula is C16H24N2O. The van der Waals surface area contributed by atoms with Crippen molar-refractivity contribution in [2.24, 2.45) is 11.7 Å². The Balaban J connectivity index is 1.84. The van der Waals surface area contributed by atoms with Gasteiger partial charge in [0.15, 0.2) is 0 Å². The zero-order valence-electron chi connectivity index (χ0n) is 11.7. The lowest BCUT2D eigenvalue weighted by Crippen LogP contribution is -2.18. The van der Waals surface area contributed by atoms with E-state index >= 15 is 0 Å². The van der Waals surface area contributed by atoms with E-state index in [4.69, 9.17) is 5.73 Å². The van der Waals surface area contributed by atoms with Crippen LogP contribution in [0.2, 0.25) is 0 Å². The highest BCUT2D eigenvalue weighted by Gasteiger charge is 2.16. The fraction of sp³-hybridized carbons (Fsp3) is 0.562. The third kappa shape index (κ3) is 4.35. The summed E-state index contributed by atoms with van der Waals surface area (Å²) in [6.07, 6.45) is 6.96. The SMILES string of the molecule is CC(N)c1ccc(NC(=O)CC2CCCCC2)cc1. The van der Waals surface area contributed by atoms with Crippen LogP contribution in [0.5, 0.6) is 0 Å². The van der Waals surface area contributed by atoms with E-state index in [0.29, 0.717) is 12.3 Å². The van der Waals surface area contributed by atoms with Crippen molar-refractivity contribution in [1.82, 2.24) is 0 Å². The van der Waals surface area contributed by atoms with Crippen LogP contribution in [0.4, 0.5) is 5.69 Å². The van der Waals surface area contributed by atoms with Crippen LogP contribution in [-0.2, 0) is 4.79 Å². The second-order valence-electron chi connectivity index (χ2n) is 5.67. The number of benzene rings is 1. The van der Waals surface area contributed by atoms with Gasteiger partial charge in [0.25, 0.3) is 0 Å². The summed E-state index contributed by atoms with van der Waals surface area (Å²) in [6.45, 7) is 1.96. The normalized spacial score (nSPS) is 18.0. The summed E-state index contributed by atoms with van der Waals surface area (Å²) in [5.74, 6) is 0.720. The molecule has 0 heterocycles. The van der Waals surface area contributed by atoms with Crippen LogP contribution in [0.1, 0.15) is 57.1 Å². The van der Waals surface area contributed by atoms with E-state index in [-0.39, 0.29) is 11.9 Å². The highest BCUT2D eigenvalue weighted by molar-refractivity contribution is 5.90. The van der Waals surface area contributed by atoms with Gasteiger partial charge in [0.2, 0.25) is 5.91 Å². The minimum atomic E-state index is 0.0343. The molecule has 0 aliphatic heterocycles. The van der Waals surface area contributed by atoms with Crippen LogP contribution in [0, 0.1) is 5.92 Å². The van der Waals surface area contributed by atoms with Crippen molar-refractivity contribution in [3.05, 3.63) is 29.8 Å². The molecule has 104 valence electrons. The predicted molar refractivity (Wildman–Crippen MR) is 78.9 cm³/mol. The Morgan fingerprint density at radius 3 is 2.47 bits per heavy atom. The number of hydrogen-bond donors (Lipinski definition) is 2. The number of amides is 1. The maximum absolute atomic E-state index is 12.0. The Bertz CT molecular complexity index is 405. The zero-order chi connectivity index (χ0) is 13.7. The van der Waals surface area contributed by atoms with E-state index in [1.807, 2.05) is 31.2 Å². The standard InChI is InChI=1S/C16H24N2O/c1-12(17)14-7-9-15(10-8-14)18-16(19)11-13-5-3-2-4-6-13/h7-10,12-13H,2-6,11,17H2,1H3,(H,18,19). The molecule has 0 saturated heterocycles. The molecular weight excluding hydrogens is 236 g/mol. The first-order chi connectivity index (χ1) is 9.15. The van der Waals surface area contributed by atoms with Crippen molar-refractivity contribution in [2.45, 2.75) is 51.5 Å². The van der Waals surface area contributed by atoms with Crippen LogP contribution in [0.25, 0.3) is 0 Å². The molecule has 1 atom stereocenters. The molecule has 19 heavy (non-hydrogen) atoms. The van der Waals surface area contributed by atoms with Crippen LogP contribution in [0.3, 0.4) is 0 Å². The molecule has 0 radical (unpaired) electrons. The molecule has 1 aliphatic carbocycles. The van der Waals surface area contributed by atoms with E-state index in [1.165, 1.54) is 32.1 Å². The van der Waals surface area contributed by atoms with Crippen molar-refractivity contribution >= 4 is 11.6 Å². The second-order valence-corrected chi connectivity index (χ2v) is 5.67. The molecule has 0 aromatic heterocycles. The van der Waals surface area contributed by atoms with Crippen LogP contribution >= 0.6 is 0 Å². The van der Waals surface area contributed by atoms with E-state index in [1.54, 1.807) is 0 Å². The molecule has 1 fully saturated rings. The number of nitrogens with one attached hydrogen (secondary N) is 1. The summed E-state index contributed by atoms with van der Waals surface area (Å²) in [7, 11) is 0. The van der Waals surface area contributed by atoms with E-state index in [9.17, 15) is 4.79 Å². The first-order valence-electron chi connectivity index (χ1n) is 7.30. The third-order valence-electron chi connectivity index (χ3n) is 3.92. The number of carbonyl (C=O) groups excluding carboxylic acids is 1. The quantitative estimate of drug-likeness (QED) is 0.868. The highest BCUT2D eigenvalue weighted by Crippen LogP contribution is 2.26. The van der Waals surface area contributed by atoms with Gasteiger partial charge in [0.05, 0.1) is 0 Å². The summed E-state index contributed by atoms with van der Waals surface area (Å²) < 4.78 is 0. The molecule has 1 amide bonds.